The lowest BCUT2D eigenvalue weighted by atomic mass is 9.87. The normalized spacial score (nSPS) is 15.7. The Morgan fingerprint density at radius 3 is 2.08 bits per heavy atom. The summed E-state index contributed by atoms with van der Waals surface area (Å²) in [6.07, 6.45) is 5.42. The second kappa shape index (κ2) is 8.55. The molecule has 0 aliphatic carbocycles. The first-order valence-electron chi connectivity index (χ1n) is 5.96. The number of hydrogen-bond donors (Lipinski definition) is 1. The highest BCUT2D eigenvalue weighted by atomic mass is 14.8. The van der Waals surface area contributed by atoms with Gasteiger partial charge in [0.05, 0.1) is 0 Å². The van der Waals surface area contributed by atoms with Gasteiger partial charge in [-0.2, -0.15) is 0 Å². The molecule has 0 spiro atoms. The lowest BCUT2D eigenvalue weighted by Crippen LogP contribution is -2.27. The van der Waals surface area contributed by atoms with E-state index in [1.54, 1.807) is 0 Å². The first-order chi connectivity index (χ1) is 6.26. The SMILES string of the molecule is CCCC(C)C(CCC)CNCC. The highest BCUT2D eigenvalue weighted by Crippen LogP contribution is 2.21. The molecule has 2 atom stereocenters. The van der Waals surface area contributed by atoms with Crippen molar-refractivity contribution in [3.05, 3.63) is 0 Å². The molecular weight excluding hydrogens is 158 g/mol. The zero-order chi connectivity index (χ0) is 10.1. The van der Waals surface area contributed by atoms with Crippen LogP contribution in [0.15, 0.2) is 0 Å². The van der Waals surface area contributed by atoms with E-state index in [-0.39, 0.29) is 0 Å². The van der Waals surface area contributed by atoms with Crippen LogP contribution in [0, 0.1) is 11.8 Å². The first-order valence-corrected chi connectivity index (χ1v) is 5.96. The van der Waals surface area contributed by atoms with Crippen LogP contribution < -0.4 is 5.32 Å². The Labute approximate surface area is 84.3 Å². The molecule has 1 N–H and O–H groups in total. The summed E-state index contributed by atoms with van der Waals surface area (Å²) >= 11 is 0. The predicted molar refractivity (Wildman–Crippen MR) is 61.0 cm³/mol. The zero-order valence-electron chi connectivity index (χ0n) is 9.90. The molecule has 0 amide bonds. The minimum atomic E-state index is 0.893. The van der Waals surface area contributed by atoms with E-state index in [1.165, 1.54) is 32.2 Å². The molecule has 0 rings (SSSR count). The van der Waals surface area contributed by atoms with Crippen molar-refractivity contribution >= 4 is 0 Å². The Bertz CT molecular complexity index is 101. The van der Waals surface area contributed by atoms with Crippen LogP contribution in [-0.4, -0.2) is 13.1 Å². The molecule has 0 aromatic rings. The monoisotopic (exact) mass is 185 g/mol. The molecule has 0 saturated carbocycles. The molecule has 80 valence electrons. The molecule has 0 aliphatic rings. The van der Waals surface area contributed by atoms with Gasteiger partial charge >= 0.3 is 0 Å². The van der Waals surface area contributed by atoms with Gasteiger partial charge in [-0.3, -0.25) is 0 Å². The Morgan fingerprint density at radius 2 is 1.62 bits per heavy atom. The van der Waals surface area contributed by atoms with Gasteiger partial charge in [0, 0.05) is 0 Å². The summed E-state index contributed by atoms with van der Waals surface area (Å²) in [5.41, 5.74) is 0. The average molecular weight is 185 g/mol. The fraction of sp³-hybridized carbons (Fsp3) is 1.00. The van der Waals surface area contributed by atoms with Gasteiger partial charge in [-0.05, 0) is 31.3 Å². The Balaban J connectivity index is 3.75. The fourth-order valence-corrected chi connectivity index (χ4v) is 1.98. The molecule has 0 aliphatic heterocycles. The van der Waals surface area contributed by atoms with Crippen LogP contribution in [0.25, 0.3) is 0 Å². The molecule has 1 nitrogen and oxygen atoms in total. The van der Waals surface area contributed by atoms with Crippen LogP contribution in [0.1, 0.15) is 53.4 Å². The van der Waals surface area contributed by atoms with Crippen molar-refractivity contribution in [2.45, 2.75) is 53.4 Å². The van der Waals surface area contributed by atoms with Gasteiger partial charge < -0.3 is 5.32 Å². The highest BCUT2D eigenvalue weighted by molar-refractivity contribution is 4.68. The molecule has 0 aromatic heterocycles. The zero-order valence-corrected chi connectivity index (χ0v) is 9.90. The van der Waals surface area contributed by atoms with Crippen molar-refractivity contribution in [1.82, 2.24) is 5.32 Å². The van der Waals surface area contributed by atoms with Crippen LogP contribution in [0.2, 0.25) is 0 Å². The molecular formula is C12H27N. The summed E-state index contributed by atoms with van der Waals surface area (Å²) in [7, 11) is 0. The van der Waals surface area contributed by atoms with E-state index in [0.717, 1.165) is 18.4 Å². The van der Waals surface area contributed by atoms with Crippen molar-refractivity contribution in [3.63, 3.8) is 0 Å². The lowest BCUT2D eigenvalue weighted by Gasteiger charge is -2.23. The van der Waals surface area contributed by atoms with E-state index in [1.807, 2.05) is 0 Å². The second-order valence-electron chi connectivity index (χ2n) is 4.12. The van der Waals surface area contributed by atoms with Crippen molar-refractivity contribution in [3.8, 4) is 0 Å². The van der Waals surface area contributed by atoms with E-state index >= 15 is 0 Å². The third-order valence-electron chi connectivity index (χ3n) is 2.86. The summed E-state index contributed by atoms with van der Waals surface area (Å²) in [5.74, 6) is 1.79. The van der Waals surface area contributed by atoms with E-state index in [0.29, 0.717) is 0 Å². The molecule has 2 unspecified atom stereocenters. The Morgan fingerprint density at radius 1 is 1.00 bits per heavy atom. The Kier molecular flexibility index (Phi) is 8.53. The van der Waals surface area contributed by atoms with Gasteiger partial charge in [-0.15, -0.1) is 0 Å². The quantitative estimate of drug-likeness (QED) is 0.611. The van der Waals surface area contributed by atoms with Gasteiger partial charge in [-0.1, -0.05) is 47.0 Å². The van der Waals surface area contributed by atoms with E-state index < -0.39 is 0 Å². The molecule has 13 heavy (non-hydrogen) atoms. The molecule has 0 heterocycles. The lowest BCUT2D eigenvalue weighted by molar-refractivity contribution is 0.302. The summed E-state index contributed by atoms with van der Waals surface area (Å²) < 4.78 is 0. The highest BCUT2D eigenvalue weighted by Gasteiger charge is 2.14. The van der Waals surface area contributed by atoms with E-state index in [2.05, 4.69) is 33.0 Å². The van der Waals surface area contributed by atoms with E-state index in [9.17, 15) is 0 Å². The van der Waals surface area contributed by atoms with Crippen molar-refractivity contribution in [2.75, 3.05) is 13.1 Å². The molecule has 0 fully saturated rings. The Hall–Kier alpha value is -0.0400. The van der Waals surface area contributed by atoms with Crippen molar-refractivity contribution < 1.29 is 0 Å². The van der Waals surface area contributed by atoms with Crippen LogP contribution in [0.4, 0.5) is 0 Å². The van der Waals surface area contributed by atoms with Gasteiger partial charge in [-0.25, -0.2) is 0 Å². The largest absolute Gasteiger partial charge is 0.317 e. The third kappa shape index (κ3) is 6.09. The number of nitrogens with one attached hydrogen (secondary N) is 1. The van der Waals surface area contributed by atoms with Crippen LogP contribution in [0.3, 0.4) is 0 Å². The maximum Gasteiger partial charge on any atom is -0.00181 e. The maximum absolute atomic E-state index is 3.47. The summed E-state index contributed by atoms with van der Waals surface area (Å²) in [6, 6.07) is 0. The number of hydrogen-bond acceptors (Lipinski definition) is 1. The van der Waals surface area contributed by atoms with Crippen molar-refractivity contribution in [1.29, 1.82) is 0 Å². The summed E-state index contributed by atoms with van der Waals surface area (Å²) in [4.78, 5) is 0. The maximum atomic E-state index is 3.47. The smallest absolute Gasteiger partial charge is 0.00181 e. The summed E-state index contributed by atoms with van der Waals surface area (Å²) in [6.45, 7) is 11.5. The van der Waals surface area contributed by atoms with Crippen LogP contribution in [0.5, 0.6) is 0 Å². The topological polar surface area (TPSA) is 12.0 Å². The molecule has 0 aromatic carbocycles. The van der Waals surface area contributed by atoms with E-state index in [4.69, 9.17) is 0 Å². The molecule has 0 saturated heterocycles. The first kappa shape index (κ1) is 13.0. The predicted octanol–water partition coefficient (Wildman–Crippen LogP) is 3.45. The third-order valence-corrected chi connectivity index (χ3v) is 2.86. The molecule has 1 heteroatoms. The van der Waals surface area contributed by atoms with Gasteiger partial charge in [0.1, 0.15) is 0 Å². The second-order valence-corrected chi connectivity index (χ2v) is 4.12. The molecule has 0 radical (unpaired) electrons. The summed E-state index contributed by atoms with van der Waals surface area (Å²) in [5, 5.41) is 3.47. The molecule has 0 bridgehead atoms. The number of rotatable bonds is 8. The van der Waals surface area contributed by atoms with Crippen LogP contribution >= 0.6 is 0 Å². The van der Waals surface area contributed by atoms with Gasteiger partial charge in [0.25, 0.3) is 0 Å². The minimum absolute atomic E-state index is 0.893. The van der Waals surface area contributed by atoms with Gasteiger partial charge in [0.15, 0.2) is 0 Å². The van der Waals surface area contributed by atoms with Gasteiger partial charge in [0.2, 0.25) is 0 Å². The van der Waals surface area contributed by atoms with Crippen molar-refractivity contribution in [2.24, 2.45) is 11.8 Å². The standard InChI is InChI=1S/C12H27N/c1-5-8-11(4)12(9-6-2)10-13-7-3/h11-13H,5-10H2,1-4H3. The average Bonchev–Trinajstić information content (AvgIpc) is 2.12. The minimum Gasteiger partial charge on any atom is -0.317 e. The fourth-order valence-electron chi connectivity index (χ4n) is 1.98. The van der Waals surface area contributed by atoms with Crippen LogP contribution in [-0.2, 0) is 0 Å².